The maximum atomic E-state index is 12.1. The smallest absolute Gasteiger partial charge is 0.324 e. The molecule has 0 aliphatic rings. The van der Waals surface area contributed by atoms with Crippen LogP contribution in [0.25, 0.3) is 0 Å². The van der Waals surface area contributed by atoms with E-state index in [0.717, 1.165) is 12.1 Å². The second-order valence-electron chi connectivity index (χ2n) is 4.70. The average molecular weight is 363 g/mol. The molecule has 0 aliphatic carbocycles. The molecule has 0 heterocycles. The summed E-state index contributed by atoms with van der Waals surface area (Å²) < 4.78 is 12.1. The van der Waals surface area contributed by atoms with Gasteiger partial charge in [0.1, 0.15) is 0 Å². The van der Waals surface area contributed by atoms with Crippen LogP contribution in [0.3, 0.4) is 0 Å². The standard InChI is InChI=1S/C11H14N3O9P/c12-23-10(15)2-1-5-24(21,22)11(16)8-4-3-7(13(17)18)6-9(8)14(19)20/h3-4,6,11,16H,1-2,5,12H2,(H,21,22)/t11-/m0/s1. The summed E-state index contributed by atoms with van der Waals surface area (Å²) in [7, 11) is -4.34. The molecule has 2 atom stereocenters. The first-order valence-corrected chi connectivity index (χ1v) is 8.33. The quantitative estimate of drug-likeness (QED) is 0.340. The molecule has 0 bridgehead atoms. The van der Waals surface area contributed by atoms with Gasteiger partial charge < -0.3 is 14.8 Å². The van der Waals surface area contributed by atoms with E-state index in [-0.39, 0.29) is 12.8 Å². The number of rotatable bonds is 8. The minimum atomic E-state index is -4.34. The van der Waals surface area contributed by atoms with Gasteiger partial charge in [-0.25, -0.2) is 0 Å². The minimum absolute atomic E-state index is 0.151. The molecular formula is C11H14N3O9P. The van der Waals surface area contributed by atoms with Gasteiger partial charge in [-0.15, -0.1) is 0 Å². The molecule has 1 unspecified atom stereocenters. The lowest BCUT2D eigenvalue weighted by molar-refractivity contribution is -0.394. The van der Waals surface area contributed by atoms with Gasteiger partial charge in [0.05, 0.1) is 21.5 Å². The molecule has 0 spiro atoms. The number of nitrogens with zero attached hydrogens (tertiary/aromatic N) is 2. The van der Waals surface area contributed by atoms with Crippen LogP contribution in [-0.2, 0) is 14.2 Å². The van der Waals surface area contributed by atoms with Gasteiger partial charge in [0, 0.05) is 18.6 Å². The number of nitrogens with two attached hydrogens (primary N) is 1. The van der Waals surface area contributed by atoms with Crippen LogP contribution in [0.15, 0.2) is 18.2 Å². The Morgan fingerprint density at radius 1 is 1.33 bits per heavy atom. The molecule has 0 saturated carbocycles. The number of non-ortho nitro benzene ring substituents is 1. The average Bonchev–Trinajstić information content (AvgIpc) is 2.52. The number of carbonyl (C=O) groups is 1. The van der Waals surface area contributed by atoms with Crippen molar-refractivity contribution in [3.8, 4) is 0 Å². The third-order valence-corrected chi connectivity index (χ3v) is 5.07. The number of nitro groups is 2. The van der Waals surface area contributed by atoms with Gasteiger partial charge in [-0.1, -0.05) is 0 Å². The summed E-state index contributed by atoms with van der Waals surface area (Å²) in [5.41, 5.74) is -1.98. The fourth-order valence-electron chi connectivity index (χ4n) is 1.87. The fraction of sp³-hybridized carbons (Fsp3) is 0.364. The number of hydrogen-bond donors (Lipinski definition) is 3. The molecule has 4 N–H and O–H groups in total. The van der Waals surface area contributed by atoms with Crippen LogP contribution >= 0.6 is 7.37 Å². The molecule has 0 fully saturated rings. The van der Waals surface area contributed by atoms with Gasteiger partial charge in [0.15, 0.2) is 5.85 Å². The number of hydrogen-bond acceptors (Lipinski definition) is 9. The molecule has 1 rings (SSSR count). The molecule has 0 aliphatic heterocycles. The van der Waals surface area contributed by atoms with E-state index in [0.29, 0.717) is 6.07 Å². The molecule has 13 heteroatoms. The van der Waals surface area contributed by atoms with Gasteiger partial charge in [-0.05, 0) is 12.5 Å². The van der Waals surface area contributed by atoms with Crippen LogP contribution in [0.4, 0.5) is 11.4 Å². The van der Waals surface area contributed by atoms with Crippen molar-refractivity contribution in [3.05, 3.63) is 44.0 Å². The van der Waals surface area contributed by atoms with E-state index in [1.807, 2.05) is 0 Å². The summed E-state index contributed by atoms with van der Waals surface area (Å²) in [6.45, 7) is 0. The molecule has 0 radical (unpaired) electrons. The first-order valence-electron chi connectivity index (χ1n) is 6.42. The van der Waals surface area contributed by atoms with E-state index in [2.05, 4.69) is 10.7 Å². The van der Waals surface area contributed by atoms with Crippen LogP contribution in [0.5, 0.6) is 0 Å². The van der Waals surface area contributed by atoms with Gasteiger partial charge in [-0.2, -0.15) is 5.90 Å². The van der Waals surface area contributed by atoms with E-state index in [1.54, 1.807) is 0 Å². The summed E-state index contributed by atoms with van der Waals surface area (Å²) in [6.07, 6.45) is -0.963. The second kappa shape index (κ2) is 7.93. The summed E-state index contributed by atoms with van der Waals surface area (Å²) in [4.78, 5) is 44.4. The summed E-state index contributed by atoms with van der Waals surface area (Å²) in [5, 5.41) is 31.6. The van der Waals surface area contributed by atoms with Gasteiger partial charge in [0.25, 0.3) is 11.4 Å². The Morgan fingerprint density at radius 3 is 2.46 bits per heavy atom. The van der Waals surface area contributed by atoms with Crippen molar-refractivity contribution in [1.29, 1.82) is 0 Å². The maximum absolute atomic E-state index is 12.1. The molecule has 1 aromatic rings. The summed E-state index contributed by atoms with van der Waals surface area (Å²) >= 11 is 0. The Kier molecular flexibility index (Phi) is 6.49. The zero-order valence-corrected chi connectivity index (χ0v) is 13.0. The first kappa shape index (κ1) is 19.6. The third-order valence-electron chi connectivity index (χ3n) is 3.07. The highest BCUT2D eigenvalue weighted by atomic mass is 31.2. The SMILES string of the molecule is NOC(=O)CCCP(=O)(O)[C@H](O)c1ccc([N+](=O)[O-])cc1[N+](=O)[O-]. The molecule has 24 heavy (non-hydrogen) atoms. The van der Waals surface area contributed by atoms with E-state index in [1.165, 1.54) is 0 Å². The largest absolute Gasteiger partial charge is 0.378 e. The van der Waals surface area contributed by atoms with E-state index >= 15 is 0 Å². The van der Waals surface area contributed by atoms with Crippen molar-refractivity contribution in [1.82, 2.24) is 0 Å². The molecule has 0 saturated heterocycles. The third kappa shape index (κ3) is 4.80. The Hall–Kier alpha value is -2.40. The maximum Gasteiger partial charge on any atom is 0.324 e. The van der Waals surface area contributed by atoms with Crippen LogP contribution in [0.1, 0.15) is 24.3 Å². The number of aliphatic hydroxyl groups is 1. The zero-order chi connectivity index (χ0) is 18.5. The number of carbonyl (C=O) groups excluding carboxylic acids is 1. The van der Waals surface area contributed by atoms with Gasteiger partial charge in [0.2, 0.25) is 7.37 Å². The normalized spacial score (nSPS) is 14.5. The van der Waals surface area contributed by atoms with Crippen molar-refractivity contribution in [2.75, 3.05) is 6.16 Å². The van der Waals surface area contributed by atoms with Crippen molar-refractivity contribution >= 4 is 24.7 Å². The van der Waals surface area contributed by atoms with Gasteiger partial charge in [-0.3, -0.25) is 29.6 Å². The van der Waals surface area contributed by atoms with E-state index in [9.17, 15) is 39.6 Å². The molecule has 0 amide bonds. The zero-order valence-electron chi connectivity index (χ0n) is 12.1. The van der Waals surface area contributed by atoms with Crippen LogP contribution < -0.4 is 5.90 Å². The molecule has 0 aromatic heterocycles. The fourth-order valence-corrected chi connectivity index (χ4v) is 3.38. The van der Waals surface area contributed by atoms with Crippen LogP contribution in [0.2, 0.25) is 0 Å². The summed E-state index contributed by atoms with van der Waals surface area (Å²) in [5.74, 6) is 1.64. The summed E-state index contributed by atoms with van der Waals surface area (Å²) in [6, 6.07) is 2.31. The Labute approximate surface area is 134 Å². The number of nitro benzene ring substituents is 2. The van der Waals surface area contributed by atoms with Crippen molar-refractivity contribution in [3.63, 3.8) is 0 Å². The predicted molar refractivity (Wildman–Crippen MR) is 78.9 cm³/mol. The monoisotopic (exact) mass is 363 g/mol. The molecular weight excluding hydrogens is 349 g/mol. The minimum Gasteiger partial charge on any atom is -0.378 e. The van der Waals surface area contributed by atoms with Crippen LogP contribution in [-0.4, -0.2) is 32.0 Å². The van der Waals surface area contributed by atoms with E-state index in [4.69, 9.17) is 0 Å². The lowest BCUT2D eigenvalue weighted by Gasteiger charge is -2.18. The molecule has 1 aromatic carbocycles. The van der Waals surface area contributed by atoms with Crippen molar-refractivity contribution < 1.29 is 34.0 Å². The van der Waals surface area contributed by atoms with E-state index < -0.39 is 52.1 Å². The second-order valence-corrected chi connectivity index (χ2v) is 7.15. The van der Waals surface area contributed by atoms with Crippen LogP contribution in [0, 0.1) is 20.2 Å². The van der Waals surface area contributed by atoms with Crippen molar-refractivity contribution in [2.45, 2.75) is 18.7 Å². The molecule has 12 nitrogen and oxygen atoms in total. The Morgan fingerprint density at radius 2 is 1.96 bits per heavy atom. The first-order chi connectivity index (χ1) is 11.1. The highest BCUT2D eigenvalue weighted by Gasteiger charge is 2.36. The lowest BCUT2D eigenvalue weighted by Crippen LogP contribution is -2.11. The Bertz CT molecular complexity index is 708. The topological polar surface area (TPSA) is 196 Å². The van der Waals surface area contributed by atoms with Crippen molar-refractivity contribution in [2.24, 2.45) is 5.90 Å². The highest BCUT2D eigenvalue weighted by molar-refractivity contribution is 7.58. The number of benzene rings is 1. The molecule has 132 valence electrons. The highest BCUT2D eigenvalue weighted by Crippen LogP contribution is 2.56. The Balaban J connectivity index is 3.06. The van der Waals surface area contributed by atoms with Gasteiger partial charge >= 0.3 is 5.97 Å². The number of aliphatic hydroxyl groups excluding tert-OH is 1. The predicted octanol–water partition coefficient (Wildman–Crippen LogP) is 0.961. The lowest BCUT2D eigenvalue weighted by atomic mass is 10.1.